The number of nitrogens with zero attached hydrogens (tertiary/aromatic N) is 13. The fourth-order valence-electron chi connectivity index (χ4n) is 12.6. The van der Waals surface area contributed by atoms with Crippen molar-refractivity contribution in [3.05, 3.63) is 201 Å². The smallest absolute Gasteiger partial charge is 0.373 e. The number of imidazole rings is 3. The van der Waals surface area contributed by atoms with Crippen molar-refractivity contribution in [2.24, 2.45) is 7.05 Å². The second kappa shape index (κ2) is 27.8. The first kappa shape index (κ1) is 63.6. The molecule has 25 heteroatoms. The van der Waals surface area contributed by atoms with Crippen molar-refractivity contribution in [3.63, 3.8) is 0 Å². The minimum atomic E-state index is -0.243. The number of ether oxygens (including phenoxy) is 4. The van der Waals surface area contributed by atoms with Gasteiger partial charge in [0.25, 0.3) is 0 Å². The van der Waals surface area contributed by atoms with Gasteiger partial charge in [-0.3, -0.25) is 17.9 Å². The van der Waals surface area contributed by atoms with Gasteiger partial charge in [0.15, 0.2) is 5.65 Å². The normalized spacial score (nSPS) is 13.3. The molecule has 490 valence electrons. The molecule has 22 nitrogen and oxygen atoms in total. The highest BCUT2D eigenvalue weighted by Crippen LogP contribution is 2.36. The first-order valence-electron chi connectivity index (χ1n) is 31.7. The average molecular weight is 1300 g/mol. The number of benzene rings is 4. The molecule has 0 bridgehead atoms. The van der Waals surface area contributed by atoms with Crippen LogP contribution in [0.3, 0.4) is 0 Å². The van der Waals surface area contributed by atoms with Gasteiger partial charge in [-0.1, -0.05) is 25.1 Å². The topological polar surface area (TPSA) is 232 Å². The van der Waals surface area contributed by atoms with E-state index in [0.717, 1.165) is 140 Å². The number of aromatic nitrogens is 12. The van der Waals surface area contributed by atoms with Crippen LogP contribution in [0.2, 0.25) is 0 Å². The molecule has 4 aliphatic rings. The SMILES string of the molecule is CCCOc1ccc(-c2cnc(NCc3c(F)ccc4c3CCO4)n3cc(C)nc23)cn1.Cc1cn2c(NCc3c(F)ccc4c3CCO4)ncc(-c3ccc4c(c3)CCN(C)C4)c2n1.Cc1cn2c(NCc3c(F)ccc4c3CCO4)ncc(-c3ccnn3C)c2n1.O=C=O. The van der Waals surface area contributed by atoms with Crippen LogP contribution in [-0.4, -0.2) is 109 Å². The summed E-state index contributed by atoms with van der Waals surface area (Å²) in [6.07, 6.45) is 19.1. The molecule has 0 unspecified atom stereocenters. The third-order valence-corrected chi connectivity index (χ3v) is 17.2. The predicted octanol–water partition coefficient (Wildman–Crippen LogP) is 11.5. The largest absolute Gasteiger partial charge is 0.493 e. The van der Waals surface area contributed by atoms with E-state index in [0.29, 0.717) is 92.9 Å². The second-order valence-corrected chi connectivity index (χ2v) is 23.7. The molecule has 4 aromatic carbocycles. The number of pyridine rings is 1. The van der Waals surface area contributed by atoms with Crippen LogP contribution in [0.15, 0.2) is 122 Å². The summed E-state index contributed by atoms with van der Waals surface area (Å²) < 4.78 is 73.4. The summed E-state index contributed by atoms with van der Waals surface area (Å²) in [4.78, 5) is 51.0. The Morgan fingerprint density at radius 2 is 1.00 bits per heavy atom. The number of anilines is 3. The van der Waals surface area contributed by atoms with E-state index in [-0.39, 0.29) is 23.6 Å². The molecule has 0 atom stereocenters. The molecule has 0 spiro atoms. The van der Waals surface area contributed by atoms with Gasteiger partial charge < -0.3 is 39.8 Å². The van der Waals surface area contributed by atoms with Gasteiger partial charge in [0, 0.05) is 165 Å². The van der Waals surface area contributed by atoms with Gasteiger partial charge >= 0.3 is 6.15 Å². The Balaban J connectivity index is 0.000000128. The van der Waals surface area contributed by atoms with E-state index in [1.807, 2.05) is 84.0 Å². The van der Waals surface area contributed by atoms with Crippen LogP contribution in [-0.2, 0) is 68.5 Å². The summed E-state index contributed by atoms with van der Waals surface area (Å²) in [6.45, 7) is 13.3. The lowest BCUT2D eigenvalue weighted by atomic mass is 9.95. The minimum Gasteiger partial charge on any atom is -0.493 e. The molecule has 0 fully saturated rings. The number of hydrogen-bond donors (Lipinski definition) is 3. The monoisotopic (exact) mass is 1300 g/mol. The highest BCUT2D eigenvalue weighted by atomic mass is 19.1. The van der Waals surface area contributed by atoms with E-state index in [2.05, 4.69) is 83.0 Å². The van der Waals surface area contributed by atoms with E-state index >= 15 is 0 Å². The van der Waals surface area contributed by atoms with Crippen LogP contribution in [0.1, 0.15) is 74.9 Å². The van der Waals surface area contributed by atoms with Crippen LogP contribution >= 0.6 is 0 Å². The highest BCUT2D eigenvalue weighted by Gasteiger charge is 2.25. The third kappa shape index (κ3) is 13.1. The Bertz CT molecular complexity index is 4910. The molecule has 16 rings (SSSR count). The summed E-state index contributed by atoms with van der Waals surface area (Å²) in [5.74, 6) is 4.04. The Hall–Kier alpha value is -11.2. The maximum atomic E-state index is 14.6. The van der Waals surface area contributed by atoms with E-state index in [1.54, 1.807) is 47.7 Å². The van der Waals surface area contributed by atoms with Gasteiger partial charge in [0.1, 0.15) is 46.0 Å². The Kier molecular flexibility index (Phi) is 18.4. The number of aryl methyl sites for hydroxylation is 4. The molecule has 0 amide bonds. The highest BCUT2D eigenvalue weighted by molar-refractivity contribution is 5.80. The summed E-state index contributed by atoms with van der Waals surface area (Å²) in [7, 11) is 4.04. The van der Waals surface area contributed by atoms with Gasteiger partial charge in [-0.2, -0.15) is 14.7 Å². The van der Waals surface area contributed by atoms with Crippen molar-refractivity contribution in [1.29, 1.82) is 0 Å². The summed E-state index contributed by atoms with van der Waals surface area (Å²) in [5.41, 5.74) is 18.2. The number of halogens is 3. The zero-order valence-corrected chi connectivity index (χ0v) is 53.8. The van der Waals surface area contributed by atoms with Gasteiger partial charge in [-0.15, -0.1) is 0 Å². The van der Waals surface area contributed by atoms with Gasteiger partial charge in [0.2, 0.25) is 23.7 Å². The van der Waals surface area contributed by atoms with Gasteiger partial charge in [-0.25, -0.2) is 48.1 Å². The zero-order valence-electron chi connectivity index (χ0n) is 53.8. The number of fused-ring (bicyclic) bond motifs is 7. The number of nitrogens with one attached hydrogen (secondary N) is 3. The number of likely N-dealkylation sites (N-methyl/N-ethyl adjacent to an activating group) is 1. The van der Waals surface area contributed by atoms with Crippen molar-refractivity contribution in [2.75, 3.05) is 56.0 Å². The van der Waals surface area contributed by atoms with E-state index in [9.17, 15) is 13.2 Å². The summed E-state index contributed by atoms with van der Waals surface area (Å²) in [6, 6.07) is 21.9. The van der Waals surface area contributed by atoms with Crippen LogP contribution in [0.5, 0.6) is 23.1 Å². The van der Waals surface area contributed by atoms with Crippen LogP contribution in [0.4, 0.5) is 31.0 Å². The van der Waals surface area contributed by atoms with E-state index in [4.69, 9.17) is 38.5 Å². The molecule has 0 saturated heterocycles. The molecule has 12 aromatic rings. The molecular weight excluding hydrogens is 1230 g/mol. The lowest BCUT2D eigenvalue weighted by Gasteiger charge is -2.25. The van der Waals surface area contributed by atoms with Crippen molar-refractivity contribution < 1.29 is 41.7 Å². The molecule has 3 N–H and O–H groups in total. The molecule has 4 aliphatic heterocycles. The first-order valence-corrected chi connectivity index (χ1v) is 31.7. The van der Waals surface area contributed by atoms with Crippen LogP contribution in [0, 0.1) is 38.2 Å². The maximum Gasteiger partial charge on any atom is 0.373 e. The van der Waals surface area contributed by atoms with Gasteiger partial charge in [0.05, 0.1) is 54.8 Å². The first-order chi connectivity index (χ1) is 46.7. The molecule has 0 saturated carbocycles. The number of carbonyl (C=O) groups excluding carboxylic acids is 2. The standard InChI is InChI=1S/C26H26FN5O.C24H24FN5O2.C20H19FN6O.CO2/c1-16-14-32-25(30-16)21(18-3-4-19-15-31(2)9-7-17(19)11-18)12-28-26(32)29-13-22-20-8-10-33-24(20)6-5-23(22)27;1-3-9-32-22-7-4-16(11-26-22)18-12-27-24(30-14-15(2)29-23(18)30)28-13-19-17-8-10-31-21(17)6-5-20(19)25;1-12-11-27-19(25-12)15(17-5-7-24-26(17)2)10-23-20(27)22-9-14-13-6-8-28-18(13)4-3-16(14)21;2-1-3/h3-6,11-12,14H,7-10,13,15H2,1-2H3,(H,28,29);4-7,11-12,14H,3,8-10,13H2,1-2H3,(H,27,28);3-5,7,10-11H,6,8-9H2,1-2H3,(H,22,23);. The Morgan fingerprint density at radius 3 is 1.45 bits per heavy atom. The quantitative estimate of drug-likeness (QED) is 0.0866. The average Bonchev–Trinajstić information content (AvgIpc) is 1.65. The van der Waals surface area contributed by atoms with Crippen molar-refractivity contribution >= 4 is 40.9 Å². The third-order valence-electron chi connectivity index (χ3n) is 17.2. The van der Waals surface area contributed by atoms with E-state index in [1.165, 1.54) is 29.3 Å². The van der Waals surface area contributed by atoms with Crippen LogP contribution < -0.4 is 34.9 Å². The lowest BCUT2D eigenvalue weighted by molar-refractivity contribution is -0.191. The fourth-order valence-corrected chi connectivity index (χ4v) is 12.6. The van der Waals surface area contributed by atoms with Gasteiger partial charge in [-0.05, 0) is 106 Å². The molecule has 0 radical (unpaired) electrons. The summed E-state index contributed by atoms with van der Waals surface area (Å²) in [5, 5.41) is 14.1. The maximum absolute atomic E-state index is 14.6. The molecule has 8 aromatic heterocycles. The van der Waals surface area contributed by atoms with Crippen molar-refractivity contribution in [3.8, 4) is 56.6 Å². The predicted molar refractivity (Wildman–Crippen MR) is 354 cm³/mol. The Morgan fingerprint density at radius 1 is 0.542 bits per heavy atom. The number of rotatable bonds is 15. The van der Waals surface area contributed by atoms with Crippen molar-refractivity contribution in [1.82, 2.24) is 62.8 Å². The van der Waals surface area contributed by atoms with Crippen LogP contribution in [0.25, 0.3) is 50.5 Å². The van der Waals surface area contributed by atoms with E-state index < -0.39 is 0 Å². The zero-order chi connectivity index (χ0) is 66.6. The molecule has 0 aliphatic carbocycles. The van der Waals surface area contributed by atoms with Crippen molar-refractivity contribution in [2.45, 2.75) is 86.0 Å². The lowest BCUT2D eigenvalue weighted by Crippen LogP contribution is -2.26. The minimum absolute atomic E-state index is 0.221. The molecule has 96 heavy (non-hydrogen) atoms. The fraction of sp³-hybridized carbons (Fsp3) is 0.282. The summed E-state index contributed by atoms with van der Waals surface area (Å²) >= 11 is 0. The molecule has 12 heterocycles. The second-order valence-electron chi connectivity index (χ2n) is 23.7. The Labute approximate surface area is 550 Å². The number of hydrogen-bond acceptors (Lipinski definition) is 18. The molecular formula is C71H69F3N16O6.